The van der Waals surface area contributed by atoms with E-state index in [-0.39, 0.29) is 25.2 Å². The molecule has 4 aromatic rings. The molecule has 0 aliphatic carbocycles. The summed E-state index contributed by atoms with van der Waals surface area (Å²) in [5, 5.41) is 12.1. The highest BCUT2D eigenvalue weighted by Gasteiger charge is 2.35. The van der Waals surface area contributed by atoms with Gasteiger partial charge in [-0.05, 0) is 30.5 Å². The predicted molar refractivity (Wildman–Crippen MR) is 183 cm³/mol. The Balaban J connectivity index is 1.14. The monoisotopic (exact) mass is 647 g/mol. The van der Waals surface area contributed by atoms with Crippen LogP contribution in [0.15, 0.2) is 72.8 Å². The van der Waals surface area contributed by atoms with E-state index in [1.54, 1.807) is 4.90 Å². The van der Waals surface area contributed by atoms with Gasteiger partial charge in [-0.1, -0.05) is 66.7 Å². The van der Waals surface area contributed by atoms with Crippen LogP contribution in [0.1, 0.15) is 23.2 Å². The van der Waals surface area contributed by atoms with E-state index in [2.05, 4.69) is 70.3 Å². The number of morpholine rings is 1. The Morgan fingerprint density at radius 2 is 1.79 bits per heavy atom. The normalized spacial score (nSPS) is 19.9. The van der Waals surface area contributed by atoms with Crippen molar-refractivity contribution in [1.29, 1.82) is 5.26 Å². The SMILES string of the molecule is CN1CCOC(COc2nc3c(c(N4CCN(C(=O)OCc5ccccc5)C(CC#N)C4)n2)CCN(c2cccc4ccccc24)C3)C1. The summed E-state index contributed by atoms with van der Waals surface area (Å²) in [5.74, 6) is 0.814. The van der Waals surface area contributed by atoms with Gasteiger partial charge in [0.2, 0.25) is 0 Å². The van der Waals surface area contributed by atoms with Crippen molar-refractivity contribution in [2.24, 2.45) is 0 Å². The van der Waals surface area contributed by atoms with E-state index >= 15 is 0 Å². The summed E-state index contributed by atoms with van der Waals surface area (Å²) in [6.07, 6.45) is 0.474. The molecule has 7 rings (SSSR count). The molecule has 2 atom stereocenters. The van der Waals surface area contributed by atoms with Crippen LogP contribution >= 0.6 is 0 Å². The molecule has 0 bridgehead atoms. The largest absolute Gasteiger partial charge is 0.461 e. The van der Waals surface area contributed by atoms with Gasteiger partial charge in [0.1, 0.15) is 25.1 Å². The number of nitriles is 1. The zero-order valence-corrected chi connectivity index (χ0v) is 27.3. The van der Waals surface area contributed by atoms with Crippen molar-refractivity contribution in [3.8, 4) is 12.1 Å². The number of likely N-dealkylation sites (N-methyl/N-ethyl adjacent to an activating group) is 1. The van der Waals surface area contributed by atoms with Crippen LogP contribution in [0.25, 0.3) is 10.8 Å². The highest BCUT2D eigenvalue weighted by molar-refractivity contribution is 5.94. The first-order chi connectivity index (χ1) is 23.6. The number of piperazine rings is 1. The molecule has 2 fully saturated rings. The van der Waals surface area contributed by atoms with Gasteiger partial charge >= 0.3 is 12.1 Å². The van der Waals surface area contributed by atoms with E-state index in [0.717, 1.165) is 48.7 Å². The van der Waals surface area contributed by atoms with Crippen LogP contribution in [0.3, 0.4) is 0 Å². The van der Waals surface area contributed by atoms with Crippen molar-refractivity contribution in [2.45, 2.75) is 38.1 Å². The van der Waals surface area contributed by atoms with Crippen LogP contribution in [0.5, 0.6) is 6.01 Å². The molecule has 2 unspecified atom stereocenters. The Morgan fingerprint density at radius 3 is 2.65 bits per heavy atom. The number of carbonyl (C=O) groups is 1. The highest BCUT2D eigenvalue weighted by atomic mass is 16.6. The molecule has 1 amide bonds. The van der Waals surface area contributed by atoms with Gasteiger partial charge in [-0.3, -0.25) is 0 Å². The molecule has 1 aromatic heterocycles. The van der Waals surface area contributed by atoms with Crippen LogP contribution in [0.4, 0.5) is 16.3 Å². The molecule has 0 radical (unpaired) electrons. The molecule has 2 saturated heterocycles. The standard InChI is InChI=1S/C37H41N7O4/c1-41-20-21-46-30(23-41)26-47-36-39-33-24-42(34-13-7-11-28-10-5-6-12-31(28)34)17-15-32(33)35(40-36)43-18-19-44(29(22-43)14-16-38)37(45)48-25-27-8-3-2-4-9-27/h2-13,29-30H,14-15,17-26H2,1H3. The third-order valence-corrected chi connectivity index (χ3v) is 9.42. The molecule has 3 aliphatic rings. The molecule has 0 saturated carbocycles. The van der Waals surface area contributed by atoms with Crippen LogP contribution in [0.2, 0.25) is 0 Å². The fourth-order valence-corrected chi connectivity index (χ4v) is 6.91. The Morgan fingerprint density at radius 1 is 0.958 bits per heavy atom. The molecule has 48 heavy (non-hydrogen) atoms. The van der Waals surface area contributed by atoms with Crippen molar-refractivity contribution < 1.29 is 19.0 Å². The van der Waals surface area contributed by atoms with Gasteiger partial charge in [0, 0.05) is 55.9 Å². The summed E-state index contributed by atoms with van der Waals surface area (Å²) in [6.45, 7) is 5.74. The highest BCUT2D eigenvalue weighted by Crippen LogP contribution is 2.35. The van der Waals surface area contributed by atoms with E-state index in [1.807, 2.05) is 30.3 Å². The molecular formula is C37H41N7O4. The molecule has 0 N–H and O–H groups in total. The summed E-state index contributed by atoms with van der Waals surface area (Å²) < 4.78 is 17.9. The van der Waals surface area contributed by atoms with Gasteiger partial charge in [-0.15, -0.1) is 0 Å². The Bertz CT molecular complexity index is 1780. The number of anilines is 2. The summed E-state index contributed by atoms with van der Waals surface area (Å²) in [5.41, 5.74) is 4.11. The number of carbonyl (C=O) groups excluding carboxylic acids is 1. The lowest BCUT2D eigenvalue weighted by Gasteiger charge is -2.42. The minimum Gasteiger partial charge on any atom is -0.461 e. The fourth-order valence-electron chi connectivity index (χ4n) is 6.91. The van der Waals surface area contributed by atoms with Crippen molar-refractivity contribution in [3.63, 3.8) is 0 Å². The zero-order valence-electron chi connectivity index (χ0n) is 27.3. The number of aromatic nitrogens is 2. The first kappa shape index (κ1) is 31.7. The second-order valence-electron chi connectivity index (χ2n) is 12.7. The van der Waals surface area contributed by atoms with Crippen molar-refractivity contribution in [1.82, 2.24) is 19.8 Å². The van der Waals surface area contributed by atoms with Crippen LogP contribution < -0.4 is 14.5 Å². The number of amides is 1. The zero-order chi connectivity index (χ0) is 32.9. The van der Waals surface area contributed by atoms with E-state index in [0.29, 0.717) is 45.4 Å². The number of hydrogen-bond acceptors (Lipinski definition) is 10. The van der Waals surface area contributed by atoms with Crippen LogP contribution in [-0.4, -0.2) is 97.5 Å². The molecule has 3 aliphatic heterocycles. The summed E-state index contributed by atoms with van der Waals surface area (Å²) >= 11 is 0. The maximum atomic E-state index is 13.2. The lowest BCUT2D eigenvalue weighted by Crippen LogP contribution is -2.55. The maximum absolute atomic E-state index is 13.2. The number of hydrogen-bond donors (Lipinski definition) is 0. The smallest absolute Gasteiger partial charge is 0.410 e. The molecule has 4 heterocycles. The van der Waals surface area contributed by atoms with Gasteiger partial charge in [-0.25, -0.2) is 4.79 Å². The van der Waals surface area contributed by atoms with Gasteiger partial charge < -0.3 is 33.8 Å². The van der Waals surface area contributed by atoms with E-state index in [9.17, 15) is 10.1 Å². The van der Waals surface area contributed by atoms with Crippen LogP contribution in [-0.2, 0) is 29.0 Å². The van der Waals surface area contributed by atoms with Crippen molar-refractivity contribution in [3.05, 3.63) is 89.6 Å². The number of fused-ring (bicyclic) bond motifs is 2. The molecule has 11 nitrogen and oxygen atoms in total. The van der Waals surface area contributed by atoms with Gasteiger partial charge in [0.15, 0.2) is 0 Å². The fraction of sp³-hybridized carbons (Fsp3) is 0.405. The molecule has 0 spiro atoms. The van der Waals surface area contributed by atoms with Gasteiger partial charge in [0.25, 0.3) is 0 Å². The maximum Gasteiger partial charge on any atom is 0.410 e. The van der Waals surface area contributed by atoms with Gasteiger partial charge in [0.05, 0.1) is 37.4 Å². The second kappa shape index (κ2) is 14.5. The van der Waals surface area contributed by atoms with E-state index in [4.69, 9.17) is 24.2 Å². The topological polar surface area (TPSA) is 107 Å². The predicted octanol–water partition coefficient (Wildman–Crippen LogP) is 4.64. The summed E-state index contributed by atoms with van der Waals surface area (Å²) in [4.78, 5) is 31.7. The second-order valence-corrected chi connectivity index (χ2v) is 12.7. The number of nitrogens with zero attached hydrogens (tertiary/aromatic N) is 7. The van der Waals surface area contributed by atoms with E-state index in [1.165, 1.54) is 16.5 Å². The summed E-state index contributed by atoms with van der Waals surface area (Å²) in [6, 6.07) is 26.8. The number of rotatable bonds is 8. The Kier molecular flexibility index (Phi) is 9.54. The van der Waals surface area contributed by atoms with Gasteiger partial charge in [-0.2, -0.15) is 15.2 Å². The average Bonchev–Trinajstić information content (AvgIpc) is 3.13. The van der Waals surface area contributed by atoms with Crippen molar-refractivity contribution >= 4 is 28.4 Å². The third-order valence-electron chi connectivity index (χ3n) is 9.42. The third kappa shape index (κ3) is 7.00. The van der Waals surface area contributed by atoms with Crippen LogP contribution in [0, 0.1) is 11.3 Å². The lowest BCUT2D eigenvalue weighted by atomic mass is 10.0. The lowest BCUT2D eigenvalue weighted by molar-refractivity contribution is -0.0417. The first-order valence-electron chi connectivity index (χ1n) is 16.7. The number of benzene rings is 3. The summed E-state index contributed by atoms with van der Waals surface area (Å²) in [7, 11) is 2.08. The Hall–Kier alpha value is -4.92. The molecule has 3 aromatic carbocycles. The first-order valence-corrected chi connectivity index (χ1v) is 16.7. The minimum atomic E-state index is -0.407. The molecule has 248 valence electrons. The quantitative estimate of drug-likeness (QED) is 0.269. The Labute approximate surface area is 281 Å². The van der Waals surface area contributed by atoms with E-state index < -0.39 is 6.09 Å². The number of ether oxygens (including phenoxy) is 3. The average molecular weight is 648 g/mol. The molecule has 11 heteroatoms. The van der Waals surface area contributed by atoms with Crippen molar-refractivity contribution in [2.75, 3.05) is 69.3 Å². The molecular weight excluding hydrogens is 606 g/mol. The minimum absolute atomic E-state index is 0.0653.